The normalized spacial score (nSPS) is 11.2. The molecule has 0 radical (unpaired) electrons. The molecule has 0 atom stereocenters. The van der Waals surface area contributed by atoms with Gasteiger partial charge < -0.3 is 10.1 Å². The van der Waals surface area contributed by atoms with E-state index in [4.69, 9.17) is 16.3 Å². The number of hydrogen-bond acceptors (Lipinski definition) is 5. The summed E-state index contributed by atoms with van der Waals surface area (Å²) in [6, 6.07) is 18.5. The summed E-state index contributed by atoms with van der Waals surface area (Å²) >= 11 is 5.77. The third kappa shape index (κ3) is 7.67. The average molecular weight is 518 g/mol. The van der Waals surface area contributed by atoms with Gasteiger partial charge in [-0.25, -0.2) is 0 Å². The minimum absolute atomic E-state index is 0.172. The summed E-state index contributed by atoms with van der Waals surface area (Å²) < 4.78 is 44.4. The molecule has 7 nitrogen and oxygen atoms in total. The summed E-state index contributed by atoms with van der Waals surface area (Å²) in [5.41, 5.74) is -0.304. The molecule has 0 aliphatic carbocycles. The molecule has 2 amide bonds. The quantitative estimate of drug-likeness (QED) is 0.266. The monoisotopic (exact) mass is 517 g/mol. The number of hydrogen-bond donors (Lipinski definition) is 1. The Hall–Kier alpha value is -4.18. The molecule has 0 heterocycles. The number of ether oxygens (including phenoxy) is 1. The Balaban J connectivity index is 1.68. The molecule has 0 aromatic heterocycles. The van der Waals surface area contributed by atoms with Crippen molar-refractivity contribution in [3.8, 4) is 0 Å². The lowest BCUT2D eigenvalue weighted by atomic mass is 10.2. The number of halogens is 4. The van der Waals surface area contributed by atoms with Crippen LogP contribution in [0, 0.1) is 0 Å². The van der Waals surface area contributed by atoms with Crippen LogP contribution < -0.4 is 10.3 Å². The van der Waals surface area contributed by atoms with E-state index in [0.29, 0.717) is 15.6 Å². The lowest BCUT2D eigenvalue weighted by Gasteiger charge is -2.18. The van der Waals surface area contributed by atoms with Crippen molar-refractivity contribution < 1.29 is 32.3 Å². The Bertz CT molecular complexity index is 1250. The lowest BCUT2D eigenvalue weighted by Crippen LogP contribution is -2.34. The molecule has 0 fully saturated rings. The molecular weight excluding hydrogens is 499 g/mol. The highest BCUT2D eigenvalue weighted by Crippen LogP contribution is 2.31. The third-order valence-corrected chi connectivity index (χ3v) is 4.88. The van der Waals surface area contributed by atoms with E-state index in [-0.39, 0.29) is 11.3 Å². The first-order chi connectivity index (χ1) is 17.1. The van der Waals surface area contributed by atoms with E-state index in [1.165, 1.54) is 36.5 Å². The minimum atomic E-state index is -4.64. The number of rotatable bonds is 8. The molecule has 0 saturated heterocycles. The molecule has 3 rings (SSSR count). The van der Waals surface area contributed by atoms with Gasteiger partial charge in [0.1, 0.15) is 6.54 Å². The average Bonchev–Trinajstić information content (AvgIpc) is 2.87. The van der Waals surface area contributed by atoms with Gasteiger partial charge in [0.05, 0.1) is 17.5 Å². The van der Waals surface area contributed by atoms with E-state index in [1.54, 1.807) is 30.3 Å². The van der Waals surface area contributed by atoms with Crippen LogP contribution in [0.25, 0.3) is 0 Å². The van der Waals surface area contributed by atoms with Gasteiger partial charge in [-0.2, -0.15) is 23.3 Å². The molecule has 0 aliphatic heterocycles. The Labute approximate surface area is 209 Å². The zero-order valence-corrected chi connectivity index (χ0v) is 19.3. The largest absolute Gasteiger partial charge is 0.454 e. The number of nitrogens with zero attached hydrogens (tertiary/aromatic N) is 2. The Morgan fingerprint density at radius 2 is 1.67 bits per heavy atom. The predicted molar refractivity (Wildman–Crippen MR) is 128 cm³/mol. The zero-order chi connectivity index (χ0) is 26.1. The highest BCUT2D eigenvalue weighted by atomic mass is 35.5. The highest BCUT2D eigenvalue weighted by molar-refractivity contribution is 6.30. The number of carbonyl (C=O) groups excluding carboxylic acids is 3. The first-order valence-corrected chi connectivity index (χ1v) is 10.8. The molecule has 0 spiro atoms. The van der Waals surface area contributed by atoms with Crippen molar-refractivity contribution in [2.75, 3.05) is 18.2 Å². The van der Waals surface area contributed by atoms with Crippen LogP contribution in [0.15, 0.2) is 84.0 Å². The first kappa shape index (κ1) is 26.4. The maximum absolute atomic E-state index is 13.2. The van der Waals surface area contributed by atoms with E-state index >= 15 is 0 Å². The van der Waals surface area contributed by atoms with Gasteiger partial charge >= 0.3 is 12.1 Å². The highest BCUT2D eigenvalue weighted by Gasteiger charge is 2.31. The van der Waals surface area contributed by atoms with Gasteiger partial charge in [0.25, 0.3) is 11.8 Å². The van der Waals surface area contributed by atoms with Crippen molar-refractivity contribution in [1.82, 2.24) is 5.32 Å². The second-order valence-electron chi connectivity index (χ2n) is 7.26. The molecule has 0 bridgehead atoms. The molecule has 36 heavy (non-hydrogen) atoms. The number of alkyl halides is 3. The van der Waals surface area contributed by atoms with Crippen molar-refractivity contribution in [2.45, 2.75) is 6.18 Å². The fourth-order valence-corrected chi connectivity index (χ4v) is 2.99. The van der Waals surface area contributed by atoms with Gasteiger partial charge in [0.2, 0.25) is 0 Å². The number of nitrogens with one attached hydrogen (secondary N) is 1. The Morgan fingerprint density at radius 3 is 2.33 bits per heavy atom. The zero-order valence-electron chi connectivity index (χ0n) is 18.5. The van der Waals surface area contributed by atoms with E-state index < -0.39 is 42.7 Å². The van der Waals surface area contributed by atoms with Crippen molar-refractivity contribution in [3.05, 3.63) is 101 Å². The van der Waals surface area contributed by atoms with Crippen molar-refractivity contribution in [3.63, 3.8) is 0 Å². The number of carbonyl (C=O) groups is 3. The molecular formula is C25H19ClF3N3O4. The molecule has 186 valence electrons. The Morgan fingerprint density at radius 1 is 0.972 bits per heavy atom. The summed E-state index contributed by atoms with van der Waals surface area (Å²) in [4.78, 5) is 36.9. The van der Waals surface area contributed by atoms with Crippen molar-refractivity contribution in [2.24, 2.45) is 5.10 Å². The van der Waals surface area contributed by atoms with Gasteiger partial charge in [-0.15, -0.1) is 0 Å². The van der Waals surface area contributed by atoms with Gasteiger partial charge in [-0.05, 0) is 48.0 Å². The van der Waals surface area contributed by atoms with Crippen molar-refractivity contribution >= 4 is 41.3 Å². The van der Waals surface area contributed by atoms with Crippen LogP contribution in [0.2, 0.25) is 5.02 Å². The van der Waals surface area contributed by atoms with Gasteiger partial charge in [0, 0.05) is 10.6 Å². The third-order valence-electron chi connectivity index (χ3n) is 4.63. The second kappa shape index (κ2) is 12.0. The van der Waals surface area contributed by atoms with Crippen LogP contribution in [0.4, 0.5) is 18.9 Å². The van der Waals surface area contributed by atoms with E-state index in [0.717, 1.165) is 18.2 Å². The summed E-state index contributed by atoms with van der Waals surface area (Å²) in [6.07, 6.45) is -3.35. The predicted octanol–water partition coefficient (Wildman–Crippen LogP) is 4.70. The number of hydrazone groups is 1. The van der Waals surface area contributed by atoms with Gasteiger partial charge in [0.15, 0.2) is 6.61 Å². The number of esters is 1. The molecule has 0 saturated carbocycles. The van der Waals surface area contributed by atoms with E-state index in [1.807, 2.05) is 0 Å². The summed E-state index contributed by atoms with van der Waals surface area (Å²) in [6.45, 7) is -1.36. The molecule has 1 N–H and O–H groups in total. The van der Waals surface area contributed by atoms with Crippen LogP contribution in [0.1, 0.15) is 21.5 Å². The fraction of sp³-hybridized carbons (Fsp3) is 0.120. The molecule has 0 aliphatic rings. The first-order valence-electron chi connectivity index (χ1n) is 10.4. The van der Waals surface area contributed by atoms with Crippen LogP contribution >= 0.6 is 11.6 Å². The maximum atomic E-state index is 13.2. The van der Waals surface area contributed by atoms with E-state index in [2.05, 4.69) is 10.4 Å². The molecule has 11 heteroatoms. The van der Waals surface area contributed by atoms with Crippen LogP contribution in [-0.2, 0) is 20.5 Å². The topological polar surface area (TPSA) is 88.1 Å². The molecule has 0 unspecified atom stereocenters. The lowest BCUT2D eigenvalue weighted by molar-refractivity contribution is -0.146. The standard InChI is InChI=1S/C25H19ClF3N3O4/c26-20-11-9-18(10-12-20)24(35)30-15-23(34)36-16-22(33)32(31-14-17-5-2-1-3-6-17)21-8-4-7-19(13-21)25(27,28)29/h1-14H,15-16H2,(H,30,35)/b31-14-. The van der Waals surface area contributed by atoms with Crippen LogP contribution in [0.3, 0.4) is 0 Å². The van der Waals surface area contributed by atoms with E-state index in [9.17, 15) is 27.6 Å². The summed E-state index contributed by atoms with van der Waals surface area (Å²) in [5, 5.41) is 7.49. The summed E-state index contributed by atoms with van der Waals surface area (Å²) in [7, 11) is 0. The van der Waals surface area contributed by atoms with Gasteiger partial charge in [-0.3, -0.25) is 14.4 Å². The van der Waals surface area contributed by atoms with Crippen molar-refractivity contribution in [1.29, 1.82) is 0 Å². The SMILES string of the molecule is O=C(CNC(=O)c1ccc(Cl)cc1)OCC(=O)N(/N=C\c1ccccc1)c1cccc(C(F)(F)F)c1. The number of amides is 2. The Kier molecular flexibility index (Phi) is 8.80. The molecule has 3 aromatic rings. The number of anilines is 1. The fourth-order valence-electron chi connectivity index (χ4n) is 2.86. The number of benzene rings is 3. The molecule has 3 aromatic carbocycles. The second-order valence-corrected chi connectivity index (χ2v) is 7.70. The maximum Gasteiger partial charge on any atom is 0.416 e. The minimum Gasteiger partial charge on any atom is -0.454 e. The smallest absolute Gasteiger partial charge is 0.416 e. The summed E-state index contributed by atoms with van der Waals surface area (Å²) in [5.74, 6) is -2.39. The van der Waals surface area contributed by atoms with Gasteiger partial charge in [-0.1, -0.05) is 48.0 Å². The van der Waals surface area contributed by atoms with Crippen LogP contribution in [0.5, 0.6) is 0 Å². The van der Waals surface area contributed by atoms with Crippen LogP contribution in [-0.4, -0.2) is 37.1 Å².